The number of aliphatic carboxylic acids is 2. The van der Waals surface area contributed by atoms with E-state index in [0.29, 0.717) is 6.42 Å². The topological polar surface area (TPSA) is 273 Å². The van der Waals surface area contributed by atoms with Gasteiger partial charge in [0.25, 0.3) is 0 Å². The maximum absolute atomic E-state index is 12.4. The fraction of sp³-hybridized carbons (Fsp3) is 0.625. The quantitative estimate of drug-likeness (QED) is 0.0461. The molecule has 0 saturated heterocycles. The summed E-state index contributed by atoms with van der Waals surface area (Å²) in [5.74, 6) is -6.24. The van der Waals surface area contributed by atoms with Crippen LogP contribution in [0, 0.1) is 0 Å². The molecule has 0 radical (unpaired) electrons. The van der Waals surface area contributed by atoms with Crippen molar-refractivity contribution in [1.29, 1.82) is 0 Å². The lowest BCUT2D eigenvalue weighted by Crippen LogP contribution is -2.58. The molecule has 0 aromatic rings. The summed E-state index contributed by atoms with van der Waals surface area (Å²) >= 11 is 3.77. The minimum Gasteiger partial charge on any atom is -0.481 e. The first-order valence-corrected chi connectivity index (χ1v) is 9.94. The average Bonchev–Trinajstić information content (AvgIpc) is 2.71. The normalized spacial score (nSPS) is 14.2. The zero-order valence-corrected chi connectivity index (χ0v) is 18.0. The van der Waals surface area contributed by atoms with E-state index in [9.17, 15) is 29.1 Å². The lowest BCUT2D eigenvalue weighted by atomic mass is 10.1. The van der Waals surface area contributed by atoms with Crippen LogP contribution in [-0.4, -0.2) is 94.0 Å². The highest BCUT2D eigenvalue weighted by Crippen LogP contribution is 2.00. The predicted octanol–water partition coefficient (Wildman–Crippen LogP) is -4.70. The van der Waals surface area contributed by atoms with E-state index in [2.05, 4.69) is 28.3 Å². The van der Waals surface area contributed by atoms with Gasteiger partial charge in [0.05, 0.1) is 19.1 Å². The van der Waals surface area contributed by atoms with E-state index in [0.717, 1.165) is 0 Å². The number of thiol groups is 1. The van der Waals surface area contributed by atoms with Crippen molar-refractivity contribution < 1.29 is 39.3 Å². The van der Waals surface area contributed by atoms with E-state index in [1.807, 2.05) is 5.32 Å². The molecule has 0 aliphatic heterocycles. The molecule has 0 fully saturated rings. The molecule has 0 saturated carbocycles. The summed E-state index contributed by atoms with van der Waals surface area (Å²) in [5.41, 5.74) is 16.1. The second-order valence-electron chi connectivity index (χ2n) is 6.54. The number of aliphatic hydroxyl groups is 1. The Morgan fingerprint density at radius 2 is 1.44 bits per heavy atom. The largest absolute Gasteiger partial charge is 0.481 e. The highest BCUT2D eigenvalue weighted by molar-refractivity contribution is 7.80. The third-order valence-electron chi connectivity index (χ3n) is 3.93. The molecule has 4 unspecified atom stereocenters. The van der Waals surface area contributed by atoms with Crippen LogP contribution in [0.4, 0.5) is 0 Å². The minimum absolute atomic E-state index is 0.121. The molecular weight excluding hydrogens is 450 g/mol. The average molecular weight is 480 g/mol. The maximum Gasteiger partial charge on any atom is 0.327 e. The number of aliphatic hydroxyl groups excluding tert-OH is 1. The van der Waals surface area contributed by atoms with Crippen molar-refractivity contribution in [3.8, 4) is 0 Å². The Morgan fingerprint density at radius 3 is 1.91 bits per heavy atom. The first kappa shape index (κ1) is 28.9. The highest BCUT2D eigenvalue weighted by atomic mass is 32.1. The van der Waals surface area contributed by atoms with E-state index in [1.54, 1.807) is 0 Å². The van der Waals surface area contributed by atoms with Crippen LogP contribution in [0.2, 0.25) is 0 Å². The Hall–Kier alpha value is -3.11. The summed E-state index contributed by atoms with van der Waals surface area (Å²) in [5, 5.41) is 33.7. The molecule has 182 valence electrons. The molecule has 0 rings (SSSR count). The molecule has 0 aromatic heterocycles. The number of hydrogen-bond donors (Lipinski definition) is 10. The number of carbonyl (C=O) groups is 5. The summed E-state index contributed by atoms with van der Waals surface area (Å²) in [4.78, 5) is 62.5. The van der Waals surface area contributed by atoms with E-state index < -0.39 is 66.9 Å². The lowest BCUT2D eigenvalue weighted by molar-refractivity contribution is -0.143. The molecule has 0 aromatic carbocycles. The van der Waals surface area contributed by atoms with Crippen LogP contribution in [0.25, 0.3) is 0 Å². The highest BCUT2D eigenvalue weighted by Gasteiger charge is 2.31. The van der Waals surface area contributed by atoms with Crippen LogP contribution in [-0.2, 0) is 24.0 Å². The van der Waals surface area contributed by atoms with Gasteiger partial charge in [0.1, 0.15) is 18.1 Å². The number of nitrogens with one attached hydrogen (secondary N) is 3. The van der Waals surface area contributed by atoms with Gasteiger partial charge in [-0.05, 0) is 12.8 Å². The summed E-state index contributed by atoms with van der Waals surface area (Å²) < 4.78 is 0. The van der Waals surface area contributed by atoms with Gasteiger partial charge in [-0.2, -0.15) is 12.6 Å². The number of hydrogen-bond acceptors (Lipinski definition) is 9. The monoisotopic (exact) mass is 479 g/mol. The van der Waals surface area contributed by atoms with Crippen molar-refractivity contribution >= 4 is 48.2 Å². The van der Waals surface area contributed by atoms with Crippen LogP contribution in [0.1, 0.15) is 19.3 Å². The Labute approximate surface area is 188 Å². The molecular formula is C16H29N7O8S. The number of nitrogens with two attached hydrogens (primary N) is 3. The second-order valence-corrected chi connectivity index (χ2v) is 6.91. The van der Waals surface area contributed by atoms with Crippen molar-refractivity contribution in [2.24, 2.45) is 22.2 Å². The first-order valence-electron chi connectivity index (χ1n) is 9.31. The molecule has 0 heterocycles. The van der Waals surface area contributed by atoms with E-state index >= 15 is 0 Å². The Morgan fingerprint density at radius 1 is 0.906 bits per heavy atom. The molecule has 15 nitrogen and oxygen atoms in total. The van der Waals surface area contributed by atoms with Crippen molar-refractivity contribution in [2.45, 2.75) is 43.4 Å². The van der Waals surface area contributed by atoms with Crippen LogP contribution in [0.3, 0.4) is 0 Å². The standard InChI is InChI=1S/C16H29N7O8S/c17-7(2-1-3-20-16(18)19)12(27)22-9(5-24)14(29)21-8(4-11(25)26)13(28)23-10(6-32)15(30)31/h7-10,24,32H,1-6,17H2,(H,21,29)(H,22,27)(H,23,28)(H,25,26)(H,30,31)(H4,18,19,20). The van der Waals surface area contributed by atoms with Crippen LogP contribution in [0.15, 0.2) is 4.99 Å². The number of rotatable bonds is 15. The number of aliphatic imine (C=N–C) groups is 1. The molecule has 0 aliphatic carbocycles. The maximum atomic E-state index is 12.4. The van der Waals surface area contributed by atoms with Crippen molar-refractivity contribution in [2.75, 3.05) is 18.9 Å². The Kier molecular flexibility index (Phi) is 13.4. The third kappa shape index (κ3) is 11.3. The zero-order valence-electron chi connectivity index (χ0n) is 17.1. The molecule has 12 N–H and O–H groups in total. The number of guanidine groups is 1. The van der Waals surface area contributed by atoms with Crippen molar-refractivity contribution in [3.05, 3.63) is 0 Å². The van der Waals surface area contributed by atoms with E-state index in [1.165, 1.54) is 0 Å². The summed E-state index contributed by atoms with van der Waals surface area (Å²) in [6, 6.07) is -5.71. The number of nitrogens with zero attached hydrogens (tertiary/aromatic N) is 1. The van der Waals surface area contributed by atoms with Gasteiger partial charge in [0, 0.05) is 12.3 Å². The second kappa shape index (κ2) is 14.8. The van der Waals surface area contributed by atoms with E-state index in [4.69, 9.17) is 27.4 Å². The smallest absolute Gasteiger partial charge is 0.327 e. The fourth-order valence-corrected chi connectivity index (χ4v) is 2.48. The van der Waals surface area contributed by atoms with Gasteiger partial charge in [-0.3, -0.25) is 24.2 Å². The molecule has 3 amide bonds. The molecule has 32 heavy (non-hydrogen) atoms. The van der Waals surface area contributed by atoms with Gasteiger partial charge in [0.15, 0.2) is 5.96 Å². The Bertz CT molecular complexity index is 717. The molecule has 0 bridgehead atoms. The molecule has 0 spiro atoms. The molecule has 4 atom stereocenters. The van der Waals surface area contributed by atoms with Crippen molar-refractivity contribution in [3.63, 3.8) is 0 Å². The minimum atomic E-state index is -1.68. The van der Waals surface area contributed by atoms with Gasteiger partial charge < -0.3 is 48.5 Å². The number of amides is 3. The Balaban J connectivity index is 5.05. The number of carboxylic acid groups (broad SMARTS) is 2. The lowest BCUT2D eigenvalue weighted by Gasteiger charge is -2.23. The van der Waals surface area contributed by atoms with Gasteiger partial charge in [-0.25, -0.2) is 4.79 Å². The fourth-order valence-electron chi connectivity index (χ4n) is 2.24. The van der Waals surface area contributed by atoms with Gasteiger partial charge >= 0.3 is 11.9 Å². The van der Waals surface area contributed by atoms with Crippen LogP contribution in [0.5, 0.6) is 0 Å². The predicted molar refractivity (Wildman–Crippen MR) is 115 cm³/mol. The molecule has 16 heteroatoms. The summed E-state index contributed by atoms with van der Waals surface area (Å²) in [7, 11) is 0. The van der Waals surface area contributed by atoms with E-state index in [-0.39, 0.29) is 24.7 Å². The zero-order chi connectivity index (χ0) is 24.8. The first-order chi connectivity index (χ1) is 14.9. The van der Waals surface area contributed by atoms with Crippen LogP contribution < -0.4 is 33.2 Å². The van der Waals surface area contributed by atoms with Gasteiger partial charge in [0.2, 0.25) is 17.7 Å². The number of carboxylic acids is 2. The van der Waals surface area contributed by atoms with Crippen LogP contribution >= 0.6 is 12.6 Å². The summed E-state index contributed by atoms with van der Waals surface area (Å²) in [6.45, 7) is -0.656. The molecule has 0 aliphatic rings. The number of carbonyl (C=O) groups excluding carboxylic acids is 3. The summed E-state index contributed by atoms with van der Waals surface area (Å²) in [6.07, 6.45) is -0.362. The van der Waals surface area contributed by atoms with Gasteiger partial charge in [-0.1, -0.05) is 0 Å². The van der Waals surface area contributed by atoms with Crippen molar-refractivity contribution in [1.82, 2.24) is 16.0 Å². The SMILES string of the molecule is NC(N)=NCCCC(N)C(=O)NC(CO)C(=O)NC(CC(=O)O)C(=O)NC(CS)C(=O)O. The third-order valence-corrected chi connectivity index (χ3v) is 4.29. The van der Waals surface area contributed by atoms with Gasteiger partial charge in [-0.15, -0.1) is 0 Å².